The van der Waals surface area contributed by atoms with E-state index in [2.05, 4.69) is 0 Å². The summed E-state index contributed by atoms with van der Waals surface area (Å²) in [5.74, 6) is -1.58. The number of hydrogen-bond acceptors (Lipinski definition) is 4. The minimum atomic E-state index is -3.75. The predicted octanol–water partition coefficient (Wildman–Crippen LogP) is 2.39. The van der Waals surface area contributed by atoms with Crippen LogP contribution in [0.3, 0.4) is 0 Å². The summed E-state index contributed by atoms with van der Waals surface area (Å²) in [6, 6.07) is 10.8. The lowest BCUT2D eigenvalue weighted by Gasteiger charge is -2.30. The molecule has 1 heterocycles. The second kappa shape index (κ2) is 6.65. The van der Waals surface area contributed by atoms with Crippen LogP contribution < -0.4 is 4.90 Å². The van der Waals surface area contributed by atoms with Gasteiger partial charge in [-0.2, -0.15) is 4.31 Å². The van der Waals surface area contributed by atoms with Crippen molar-refractivity contribution >= 4 is 32.5 Å². The Morgan fingerprint density at radius 1 is 1.16 bits per heavy atom. The maximum absolute atomic E-state index is 13.2. The Bertz CT molecular complexity index is 908. The average molecular weight is 362 g/mol. The number of aliphatic carboxylic acids is 1. The second-order valence-corrected chi connectivity index (χ2v) is 8.47. The Hall–Kier alpha value is -2.12. The second-order valence-electron chi connectivity index (χ2n) is 6.56. The summed E-state index contributed by atoms with van der Waals surface area (Å²) in [6.07, 6.45) is 1.07. The van der Waals surface area contributed by atoms with Gasteiger partial charge in [0.1, 0.15) is 0 Å². The van der Waals surface area contributed by atoms with Crippen molar-refractivity contribution in [2.24, 2.45) is 5.92 Å². The molecule has 2 aromatic rings. The molecule has 1 atom stereocenters. The monoisotopic (exact) mass is 362 g/mol. The van der Waals surface area contributed by atoms with Crippen molar-refractivity contribution in [1.29, 1.82) is 0 Å². The standard InChI is InChI=1S/C18H22N2O4S/c1-19(2)16-9-3-8-15-14(16)7-4-10-17(15)25(23,24)20-11-5-6-13(12-20)18(21)22/h3-4,7-10,13H,5-6,11-12H2,1-2H3,(H,21,22). The summed E-state index contributed by atoms with van der Waals surface area (Å²) in [6.45, 7) is 0.386. The third-order valence-electron chi connectivity index (χ3n) is 4.69. The van der Waals surface area contributed by atoms with Crippen LogP contribution in [0.15, 0.2) is 41.3 Å². The van der Waals surface area contributed by atoms with Gasteiger partial charge in [-0.1, -0.05) is 24.3 Å². The van der Waals surface area contributed by atoms with Gasteiger partial charge in [-0.05, 0) is 25.0 Å². The van der Waals surface area contributed by atoms with Crippen molar-refractivity contribution in [1.82, 2.24) is 4.31 Å². The quantitative estimate of drug-likeness (QED) is 0.904. The molecule has 1 unspecified atom stereocenters. The van der Waals surface area contributed by atoms with E-state index in [1.54, 1.807) is 18.2 Å². The smallest absolute Gasteiger partial charge is 0.307 e. The van der Waals surface area contributed by atoms with Gasteiger partial charge in [0.2, 0.25) is 10.0 Å². The van der Waals surface area contributed by atoms with Crippen molar-refractivity contribution in [3.8, 4) is 0 Å². The van der Waals surface area contributed by atoms with Crippen LogP contribution in [0.2, 0.25) is 0 Å². The molecule has 0 aliphatic carbocycles. The zero-order chi connectivity index (χ0) is 18.2. The minimum absolute atomic E-state index is 0.0292. The fourth-order valence-electron chi connectivity index (χ4n) is 3.38. The van der Waals surface area contributed by atoms with Crippen LogP contribution in [0, 0.1) is 5.92 Å². The third kappa shape index (κ3) is 3.21. The molecule has 2 aromatic carbocycles. The molecule has 1 aliphatic rings. The fraction of sp³-hybridized carbons (Fsp3) is 0.389. The van der Waals surface area contributed by atoms with Gasteiger partial charge in [-0.25, -0.2) is 8.42 Å². The Balaban J connectivity index is 2.09. The highest BCUT2D eigenvalue weighted by atomic mass is 32.2. The van der Waals surface area contributed by atoms with Crippen molar-refractivity contribution in [2.45, 2.75) is 17.7 Å². The maximum Gasteiger partial charge on any atom is 0.307 e. The van der Waals surface area contributed by atoms with Crippen LogP contribution in [-0.2, 0) is 14.8 Å². The SMILES string of the molecule is CN(C)c1cccc2c(S(=O)(=O)N3CCCC(C(=O)O)C3)cccc12. The summed E-state index contributed by atoms with van der Waals surface area (Å²) in [7, 11) is 0.0834. The molecule has 0 radical (unpaired) electrons. The summed E-state index contributed by atoms with van der Waals surface area (Å²) in [5, 5.41) is 10.8. The molecule has 7 heteroatoms. The van der Waals surface area contributed by atoms with Gasteiger partial charge in [-0.15, -0.1) is 0 Å². The zero-order valence-electron chi connectivity index (χ0n) is 14.3. The van der Waals surface area contributed by atoms with Crippen LogP contribution in [-0.4, -0.2) is 51.0 Å². The third-order valence-corrected chi connectivity index (χ3v) is 6.62. The Kier molecular flexibility index (Phi) is 4.71. The molecule has 1 aliphatic heterocycles. The zero-order valence-corrected chi connectivity index (χ0v) is 15.2. The fourth-order valence-corrected chi connectivity index (χ4v) is 5.11. The van der Waals surface area contributed by atoms with Crippen molar-refractivity contribution in [2.75, 3.05) is 32.1 Å². The van der Waals surface area contributed by atoms with Gasteiger partial charge in [0.25, 0.3) is 0 Å². The lowest BCUT2D eigenvalue weighted by atomic mass is 10.0. The molecular weight excluding hydrogens is 340 g/mol. The van der Waals surface area contributed by atoms with E-state index in [9.17, 15) is 18.3 Å². The molecule has 6 nitrogen and oxygen atoms in total. The Morgan fingerprint density at radius 3 is 2.52 bits per heavy atom. The maximum atomic E-state index is 13.2. The van der Waals surface area contributed by atoms with Gasteiger partial charge in [0.05, 0.1) is 10.8 Å². The normalized spacial score (nSPS) is 19.0. The molecule has 3 rings (SSSR count). The highest BCUT2D eigenvalue weighted by Gasteiger charge is 2.34. The summed E-state index contributed by atoms with van der Waals surface area (Å²) in [5.41, 5.74) is 0.941. The topological polar surface area (TPSA) is 77.9 Å². The number of carboxylic acid groups (broad SMARTS) is 1. The van der Waals surface area contributed by atoms with E-state index in [0.717, 1.165) is 11.1 Å². The van der Waals surface area contributed by atoms with Crippen molar-refractivity contribution in [3.63, 3.8) is 0 Å². The first-order valence-corrected chi connectivity index (χ1v) is 9.68. The molecule has 25 heavy (non-hydrogen) atoms. The summed E-state index contributed by atoms with van der Waals surface area (Å²) < 4.78 is 27.7. The number of sulfonamides is 1. The molecule has 1 saturated heterocycles. The first-order chi connectivity index (χ1) is 11.8. The molecule has 1 fully saturated rings. The minimum Gasteiger partial charge on any atom is -0.481 e. The van der Waals surface area contributed by atoms with Crippen molar-refractivity contribution in [3.05, 3.63) is 36.4 Å². The van der Waals surface area contributed by atoms with E-state index in [1.807, 2.05) is 37.2 Å². The van der Waals surface area contributed by atoms with Gasteiger partial charge >= 0.3 is 5.97 Å². The molecule has 0 spiro atoms. The number of nitrogens with zero attached hydrogens (tertiary/aromatic N) is 2. The average Bonchev–Trinajstić information content (AvgIpc) is 2.60. The number of anilines is 1. The Labute approximate surface area is 147 Å². The van der Waals surface area contributed by atoms with E-state index in [-0.39, 0.29) is 11.4 Å². The lowest BCUT2D eigenvalue weighted by molar-refractivity contribution is -0.142. The van der Waals surface area contributed by atoms with E-state index >= 15 is 0 Å². The molecule has 134 valence electrons. The summed E-state index contributed by atoms with van der Waals surface area (Å²) >= 11 is 0. The largest absolute Gasteiger partial charge is 0.481 e. The highest BCUT2D eigenvalue weighted by Crippen LogP contribution is 2.33. The number of fused-ring (bicyclic) bond motifs is 1. The van der Waals surface area contributed by atoms with Crippen LogP contribution in [0.1, 0.15) is 12.8 Å². The van der Waals surface area contributed by atoms with Gasteiger partial charge < -0.3 is 10.0 Å². The van der Waals surface area contributed by atoms with Crippen LogP contribution in [0.25, 0.3) is 10.8 Å². The molecule has 0 aromatic heterocycles. The number of piperidine rings is 1. The number of rotatable bonds is 4. The van der Waals surface area contributed by atoms with Crippen LogP contribution >= 0.6 is 0 Å². The molecular formula is C18H22N2O4S. The van der Waals surface area contributed by atoms with E-state index in [4.69, 9.17) is 0 Å². The highest BCUT2D eigenvalue weighted by molar-refractivity contribution is 7.89. The molecule has 1 N–H and O–H groups in total. The number of benzene rings is 2. The summed E-state index contributed by atoms with van der Waals surface area (Å²) in [4.78, 5) is 13.4. The lowest BCUT2D eigenvalue weighted by Crippen LogP contribution is -2.42. The van der Waals surface area contributed by atoms with Crippen LogP contribution in [0.4, 0.5) is 5.69 Å². The molecule has 0 bridgehead atoms. The van der Waals surface area contributed by atoms with E-state index < -0.39 is 21.9 Å². The number of carbonyl (C=O) groups is 1. The first-order valence-electron chi connectivity index (χ1n) is 8.24. The molecule has 0 amide bonds. The molecule has 0 saturated carbocycles. The number of carboxylic acids is 1. The first kappa shape index (κ1) is 17.7. The predicted molar refractivity (Wildman–Crippen MR) is 97.4 cm³/mol. The van der Waals surface area contributed by atoms with Gasteiger partial charge in [-0.3, -0.25) is 4.79 Å². The van der Waals surface area contributed by atoms with E-state index in [0.29, 0.717) is 24.8 Å². The Morgan fingerprint density at radius 2 is 1.84 bits per heavy atom. The van der Waals surface area contributed by atoms with Gasteiger partial charge in [0, 0.05) is 43.6 Å². The van der Waals surface area contributed by atoms with Crippen molar-refractivity contribution < 1.29 is 18.3 Å². The van der Waals surface area contributed by atoms with Gasteiger partial charge in [0.15, 0.2) is 0 Å². The van der Waals surface area contributed by atoms with E-state index in [1.165, 1.54) is 4.31 Å². The van der Waals surface area contributed by atoms with Crippen LogP contribution in [0.5, 0.6) is 0 Å². The number of hydrogen-bond donors (Lipinski definition) is 1.